The van der Waals surface area contributed by atoms with Crippen molar-refractivity contribution in [3.63, 3.8) is 0 Å². The molecule has 0 aromatic carbocycles. The lowest BCUT2D eigenvalue weighted by Crippen LogP contribution is -2.43. The zero-order valence-electron chi connectivity index (χ0n) is 8.36. The number of aliphatic hydroxyl groups excluding tert-OH is 1. The fourth-order valence-corrected chi connectivity index (χ4v) is 4.31. The van der Waals surface area contributed by atoms with E-state index < -0.39 is 0 Å². The number of halogens is 1. The molecular formula is C10H14BrNOS2. The quantitative estimate of drug-likeness (QED) is 0.928. The minimum atomic E-state index is 0.274. The van der Waals surface area contributed by atoms with Gasteiger partial charge in [-0.05, 0) is 27.4 Å². The highest BCUT2D eigenvalue weighted by Crippen LogP contribution is 2.26. The van der Waals surface area contributed by atoms with Crippen molar-refractivity contribution in [1.82, 2.24) is 4.90 Å². The minimum Gasteiger partial charge on any atom is -0.395 e. The first-order valence-electron chi connectivity index (χ1n) is 4.96. The highest BCUT2D eigenvalue weighted by Gasteiger charge is 2.22. The highest BCUT2D eigenvalue weighted by molar-refractivity contribution is 9.10. The number of hydrogen-bond donors (Lipinski definition) is 1. The zero-order chi connectivity index (χ0) is 10.7. The fourth-order valence-electron chi connectivity index (χ4n) is 1.69. The predicted molar refractivity (Wildman–Crippen MR) is 70.6 cm³/mol. The van der Waals surface area contributed by atoms with E-state index in [1.807, 2.05) is 11.8 Å². The molecular weight excluding hydrogens is 294 g/mol. The summed E-state index contributed by atoms with van der Waals surface area (Å²) in [5.41, 5.74) is 0. The van der Waals surface area contributed by atoms with Gasteiger partial charge in [0.2, 0.25) is 0 Å². The standard InChI is InChI=1S/C10H14BrNOS2/c11-9-1-3-15-10(9)5-12-2-4-14-7-8(12)6-13/h1,3,8,13H,2,4-7H2. The summed E-state index contributed by atoms with van der Waals surface area (Å²) >= 11 is 7.27. The molecule has 0 saturated carbocycles. The van der Waals surface area contributed by atoms with Crippen LogP contribution in [0.4, 0.5) is 0 Å². The van der Waals surface area contributed by atoms with Crippen molar-refractivity contribution in [2.45, 2.75) is 12.6 Å². The van der Waals surface area contributed by atoms with Crippen LogP contribution in [0.5, 0.6) is 0 Å². The van der Waals surface area contributed by atoms with Crippen LogP contribution in [0.1, 0.15) is 4.88 Å². The SMILES string of the molecule is OCC1CSCCN1Cc1sccc1Br. The van der Waals surface area contributed by atoms with E-state index in [2.05, 4.69) is 32.3 Å². The molecule has 1 aliphatic rings. The van der Waals surface area contributed by atoms with Crippen LogP contribution in [0.15, 0.2) is 15.9 Å². The minimum absolute atomic E-state index is 0.274. The summed E-state index contributed by atoms with van der Waals surface area (Å²) in [6, 6.07) is 2.42. The molecule has 1 atom stereocenters. The van der Waals surface area contributed by atoms with Gasteiger partial charge in [-0.25, -0.2) is 0 Å². The molecule has 1 unspecified atom stereocenters. The Balaban J connectivity index is 2.00. The number of thioether (sulfide) groups is 1. The Morgan fingerprint density at radius 3 is 3.13 bits per heavy atom. The monoisotopic (exact) mass is 307 g/mol. The van der Waals surface area contributed by atoms with Gasteiger partial charge in [0.1, 0.15) is 0 Å². The molecule has 0 amide bonds. The molecule has 2 nitrogen and oxygen atoms in total. The van der Waals surface area contributed by atoms with E-state index in [0.29, 0.717) is 6.04 Å². The van der Waals surface area contributed by atoms with Crippen LogP contribution in [0, 0.1) is 0 Å². The molecule has 0 aliphatic carbocycles. The third-order valence-corrected chi connectivity index (χ3v) is 5.60. The highest BCUT2D eigenvalue weighted by atomic mass is 79.9. The van der Waals surface area contributed by atoms with E-state index in [9.17, 15) is 5.11 Å². The Morgan fingerprint density at radius 1 is 1.60 bits per heavy atom. The third kappa shape index (κ3) is 2.97. The molecule has 84 valence electrons. The van der Waals surface area contributed by atoms with Gasteiger partial charge < -0.3 is 5.11 Å². The number of rotatable bonds is 3. The van der Waals surface area contributed by atoms with Crippen LogP contribution in [-0.4, -0.2) is 40.7 Å². The third-order valence-electron chi connectivity index (χ3n) is 2.60. The van der Waals surface area contributed by atoms with Crippen molar-refractivity contribution < 1.29 is 5.11 Å². The topological polar surface area (TPSA) is 23.5 Å². The average Bonchev–Trinajstić information content (AvgIpc) is 2.65. The summed E-state index contributed by atoms with van der Waals surface area (Å²) < 4.78 is 1.20. The number of aliphatic hydroxyl groups is 1. The lowest BCUT2D eigenvalue weighted by Gasteiger charge is -2.33. The molecule has 2 heterocycles. The summed E-state index contributed by atoms with van der Waals surface area (Å²) in [5, 5.41) is 11.4. The van der Waals surface area contributed by atoms with Gasteiger partial charge in [-0.2, -0.15) is 11.8 Å². The number of nitrogens with zero attached hydrogens (tertiary/aromatic N) is 1. The van der Waals surface area contributed by atoms with E-state index in [-0.39, 0.29) is 6.61 Å². The maximum Gasteiger partial charge on any atom is 0.0595 e. The van der Waals surface area contributed by atoms with Crippen LogP contribution >= 0.6 is 39.0 Å². The van der Waals surface area contributed by atoms with Gasteiger partial charge in [-0.15, -0.1) is 11.3 Å². The summed E-state index contributed by atoms with van der Waals surface area (Å²) in [6.45, 7) is 2.32. The normalized spacial score (nSPS) is 23.2. The summed E-state index contributed by atoms with van der Waals surface area (Å²) in [6.07, 6.45) is 0. The average molecular weight is 308 g/mol. The fraction of sp³-hybridized carbons (Fsp3) is 0.600. The Morgan fingerprint density at radius 2 is 2.47 bits per heavy atom. The molecule has 0 bridgehead atoms. The lowest BCUT2D eigenvalue weighted by molar-refractivity contribution is 0.134. The molecule has 1 fully saturated rings. The number of hydrogen-bond acceptors (Lipinski definition) is 4. The van der Waals surface area contributed by atoms with Crippen molar-refractivity contribution in [1.29, 1.82) is 0 Å². The second kappa shape index (κ2) is 5.68. The van der Waals surface area contributed by atoms with Crippen LogP contribution in [0.25, 0.3) is 0 Å². The van der Waals surface area contributed by atoms with Gasteiger partial charge in [0.05, 0.1) is 6.61 Å². The van der Waals surface area contributed by atoms with Crippen molar-refractivity contribution in [3.05, 3.63) is 20.8 Å². The van der Waals surface area contributed by atoms with Crippen LogP contribution < -0.4 is 0 Å². The van der Waals surface area contributed by atoms with Crippen molar-refractivity contribution in [2.24, 2.45) is 0 Å². The zero-order valence-corrected chi connectivity index (χ0v) is 11.6. The summed E-state index contributed by atoms with van der Waals surface area (Å²) in [4.78, 5) is 3.74. The molecule has 1 N–H and O–H groups in total. The predicted octanol–water partition coefficient (Wildman–Crippen LogP) is 2.42. The van der Waals surface area contributed by atoms with Crippen LogP contribution in [0.2, 0.25) is 0 Å². The lowest BCUT2D eigenvalue weighted by atomic mass is 10.2. The van der Waals surface area contributed by atoms with Crippen molar-refractivity contribution in [2.75, 3.05) is 24.7 Å². The molecule has 1 aromatic rings. The second-order valence-corrected chi connectivity index (χ2v) is 6.58. The Kier molecular flexibility index (Phi) is 4.52. The van der Waals surface area contributed by atoms with Crippen molar-refractivity contribution >= 4 is 39.0 Å². The Hall–Kier alpha value is 0.450. The van der Waals surface area contributed by atoms with Crippen molar-refractivity contribution in [3.8, 4) is 0 Å². The first-order chi connectivity index (χ1) is 7.31. The van der Waals surface area contributed by atoms with Gasteiger partial charge in [0.15, 0.2) is 0 Å². The Labute approximate surface area is 107 Å². The Bertz CT molecular complexity index is 318. The molecule has 15 heavy (non-hydrogen) atoms. The van der Waals surface area contributed by atoms with Gasteiger partial charge >= 0.3 is 0 Å². The van der Waals surface area contributed by atoms with Gasteiger partial charge in [0.25, 0.3) is 0 Å². The number of thiophene rings is 1. The van der Waals surface area contributed by atoms with E-state index in [0.717, 1.165) is 18.8 Å². The maximum atomic E-state index is 9.30. The van der Waals surface area contributed by atoms with Gasteiger partial charge in [-0.1, -0.05) is 0 Å². The molecule has 0 spiro atoms. The molecule has 1 aromatic heterocycles. The molecule has 1 saturated heterocycles. The first-order valence-corrected chi connectivity index (χ1v) is 7.78. The maximum absolute atomic E-state index is 9.30. The van der Waals surface area contributed by atoms with Gasteiger partial charge in [0, 0.05) is 40.0 Å². The van der Waals surface area contributed by atoms with E-state index in [4.69, 9.17) is 0 Å². The summed E-state index contributed by atoms with van der Waals surface area (Å²) in [7, 11) is 0. The van der Waals surface area contributed by atoms with E-state index >= 15 is 0 Å². The van der Waals surface area contributed by atoms with E-state index in [1.54, 1.807) is 11.3 Å². The first kappa shape index (κ1) is 11.9. The molecule has 2 rings (SSSR count). The van der Waals surface area contributed by atoms with Crippen LogP contribution in [0.3, 0.4) is 0 Å². The molecule has 5 heteroatoms. The smallest absolute Gasteiger partial charge is 0.0595 e. The van der Waals surface area contributed by atoms with Crippen LogP contribution in [-0.2, 0) is 6.54 Å². The van der Waals surface area contributed by atoms with Gasteiger partial charge in [-0.3, -0.25) is 4.90 Å². The second-order valence-electron chi connectivity index (χ2n) is 3.57. The van der Waals surface area contributed by atoms with E-state index in [1.165, 1.54) is 15.1 Å². The summed E-state index contributed by atoms with van der Waals surface area (Å²) in [5.74, 6) is 2.24. The molecule has 0 radical (unpaired) electrons. The largest absolute Gasteiger partial charge is 0.395 e. The molecule has 1 aliphatic heterocycles.